The quantitative estimate of drug-likeness (QED) is 0.528. The minimum atomic E-state index is -1.11. The molecule has 2 heterocycles. The van der Waals surface area contributed by atoms with E-state index in [-0.39, 0.29) is 24.1 Å². The molecular weight excluding hydrogens is 347 g/mol. The number of hydrogen-bond donors (Lipinski definition) is 2. The van der Waals surface area contributed by atoms with Crippen molar-refractivity contribution < 1.29 is 28.6 Å². The number of ketones is 1. The van der Waals surface area contributed by atoms with Crippen molar-refractivity contribution in [1.82, 2.24) is 9.97 Å². The standard InChI is InChI=1S/C16H21FN4O5/c1-25-10-16(24)2-4-21(5-3-16)15-19-7-12(8-20-15)13(22)11(6-17)9-26-14(18)23/h6-8,24H,2-5,9-10H2,1H3,(H2,18,23). The van der Waals surface area contributed by atoms with E-state index in [2.05, 4.69) is 14.7 Å². The van der Waals surface area contributed by atoms with E-state index in [0.29, 0.717) is 31.9 Å². The summed E-state index contributed by atoms with van der Waals surface area (Å²) >= 11 is 0. The third kappa shape index (κ3) is 4.96. The molecule has 1 fully saturated rings. The second-order valence-corrected chi connectivity index (χ2v) is 5.99. The molecule has 1 amide bonds. The number of amides is 1. The fourth-order valence-electron chi connectivity index (χ4n) is 2.62. The first-order valence-electron chi connectivity index (χ1n) is 7.93. The molecule has 9 nitrogen and oxygen atoms in total. The van der Waals surface area contributed by atoms with Crippen molar-refractivity contribution in [2.75, 3.05) is 38.3 Å². The van der Waals surface area contributed by atoms with Gasteiger partial charge in [0.05, 0.1) is 29.7 Å². The van der Waals surface area contributed by atoms with Gasteiger partial charge in [-0.1, -0.05) is 0 Å². The van der Waals surface area contributed by atoms with Crippen LogP contribution in [0.3, 0.4) is 0 Å². The molecule has 0 atom stereocenters. The highest BCUT2D eigenvalue weighted by Gasteiger charge is 2.33. The predicted octanol–water partition coefficient (Wildman–Crippen LogP) is 0.586. The van der Waals surface area contributed by atoms with Crippen molar-refractivity contribution in [1.29, 1.82) is 0 Å². The van der Waals surface area contributed by atoms with Crippen LogP contribution in [0.2, 0.25) is 0 Å². The number of aliphatic hydroxyl groups is 1. The first-order valence-corrected chi connectivity index (χ1v) is 7.93. The van der Waals surface area contributed by atoms with E-state index < -0.39 is 24.1 Å². The number of carbonyl (C=O) groups excluding carboxylic acids is 2. The summed E-state index contributed by atoms with van der Waals surface area (Å²) in [4.78, 5) is 32.9. The maximum atomic E-state index is 12.9. The second kappa shape index (κ2) is 8.68. The number of aromatic nitrogens is 2. The predicted molar refractivity (Wildman–Crippen MR) is 89.4 cm³/mol. The van der Waals surface area contributed by atoms with Gasteiger partial charge >= 0.3 is 6.09 Å². The highest BCUT2D eigenvalue weighted by Crippen LogP contribution is 2.24. The third-order valence-electron chi connectivity index (χ3n) is 4.08. The molecule has 1 aliphatic rings. The Morgan fingerprint density at radius 1 is 1.38 bits per heavy atom. The van der Waals surface area contributed by atoms with Crippen LogP contribution < -0.4 is 10.6 Å². The largest absolute Gasteiger partial charge is 0.445 e. The number of Topliss-reactive ketones (excluding diaryl/α,β-unsaturated/α-hetero) is 1. The summed E-state index contributed by atoms with van der Waals surface area (Å²) in [6, 6.07) is 0. The molecule has 142 valence electrons. The van der Waals surface area contributed by atoms with Gasteiger partial charge in [-0.15, -0.1) is 0 Å². The summed E-state index contributed by atoms with van der Waals surface area (Å²) in [6.45, 7) is 0.766. The van der Waals surface area contributed by atoms with E-state index >= 15 is 0 Å². The van der Waals surface area contributed by atoms with Crippen LogP contribution in [0.25, 0.3) is 0 Å². The van der Waals surface area contributed by atoms with Crippen molar-refractivity contribution in [2.24, 2.45) is 5.73 Å². The second-order valence-electron chi connectivity index (χ2n) is 5.99. The van der Waals surface area contributed by atoms with E-state index in [9.17, 15) is 19.1 Å². The van der Waals surface area contributed by atoms with Crippen LogP contribution >= 0.6 is 0 Å². The molecule has 2 rings (SSSR count). The maximum absolute atomic E-state index is 12.9. The molecule has 1 saturated heterocycles. The summed E-state index contributed by atoms with van der Waals surface area (Å²) in [5.41, 5.74) is 3.62. The number of piperidine rings is 1. The molecule has 0 unspecified atom stereocenters. The fraction of sp³-hybridized carbons (Fsp3) is 0.500. The van der Waals surface area contributed by atoms with Crippen LogP contribution in [0.15, 0.2) is 24.3 Å². The SMILES string of the molecule is COCC1(O)CCN(c2ncc(C(=O)C(=CF)COC(N)=O)cn2)CC1. The lowest BCUT2D eigenvalue weighted by atomic mass is 9.92. The number of methoxy groups -OCH3 is 1. The summed E-state index contributed by atoms with van der Waals surface area (Å²) in [5.74, 6) is -0.298. The number of anilines is 1. The van der Waals surface area contributed by atoms with Crippen molar-refractivity contribution >= 4 is 17.8 Å². The van der Waals surface area contributed by atoms with Crippen LogP contribution in [0.5, 0.6) is 0 Å². The van der Waals surface area contributed by atoms with Gasteiger partial charge in [0, 0.05) is 32.6 Å². The van der Waals surface area contributed by atoms with Gasteiger partial charge in [0.1, 0.15) is 6.61 Å². The number of primary amides is 1. The Hall–Kier alpha value is -2.59. The Morgan fingerprint density at radius 2 is 2.00 bits per heavy atom. The monoisotopic (exact) mass is 368 g/mol. The molecule has 0 spiro atoms. The molecule has 1 aromatic heterocycles. The lowest BCUT2D eigenvalue weighted by Crippen LogP contribution is -2.47. The summed E-state index contributed by atoms with van der Waals surface area (Å²) in [5, 5.41) is 10.3. The van der Waals surface area contributed by atoms with Crippen LogP contribution in [-0.4, -0.2) is 66.0 Å². The molecule has 3 N–H and O–H groups in total. The number of carbonyl (C=O) groups is 2. The first kappa shape index (κ1) is 19.7. The van der Waals surface area contributed by atoms with Crippen LogP contribution in [0, 0.1) is 0 Å². The number of ether oxygens (including phenoxy) is 2. The number of rotatable bonds is 7. The molecular formula is C16H21FN4O5. The molecule has 10 heteroatoms. The fourth-order valence-corrected chi connectivity index (χ4v) is 2.62. The van der Waals surface area contributed by atoms with E-state index in [1.165, 1.54) is 19.5 Å². The van der Waals surface area contributed by atoms with Crippen molar-refractivity contribution in [2.45, 2.75) is 18.4 Å². The minimum absolute atomic E-state index is 0.0543. The number of nitrogens with two attached hydrogens (primary N) is 1. The molecule has 0 aliphatic carbocycles. The van der Waals surface area contributed by atoms with Gasteiger partial charge in [-0.25, -0.2) is 19.2 Å². The number of halogens is 1. The molecule has 0 aromatic carbocycles. The van der Waals surface area contributed by atoms with Crippen molar-refractivity contribution in [3.05, 3.63) is 29.9 Å². The maximum Gasteiger partial charge on any atom is 0.404 e. The Labute approximate surface area is 149 Å². The molecule has 0 saturated carbocycles. The summed E-state index contributed by atoms with van der Waals surface area (Å²) < 4.78 is 22.3. The lowest BCUT2D eigenvalue weighted by Gasteiger charge is -2.37. The highest BCUT2D eigenvalue weighted by molar-refractivity contribution is 6.08. The van der Waals surface area contributed by atoms with Crippen LogP contribution in [0.4, 0.5) is 15.1 Å². The Kier molecular flexibility index (Phi) is 6.58. The third-order valence-corrected chi connectivity index (χ3v) is 4.08. The van der Waals surface area contributed by atoms with Gasteiger partial charge in [-0.2, -0.15) is 0 Å². The molecule has 1 aliphatic heterocycles. The molecule has 1 aromatic rings. The summed E-state index contributed by atoms with van der Waals surface area (Å²) in [7, 11) is 1.54. The molecule has 0 bridgehead atoms. The van der Waals surface area contributed by atoms with Crippen molar-refractivity contribution in [3.8, 4) is 0 Å². The zero-order chi connectivity index (χ0) is 19.2. The zero-order valence-corrected chi connectivity index (χ0v) is 14.4. The van der Waals surface area contributed by atoms with Crippen LogP contribution in [-0.2, 0) is 9.47 Å². The molecule has 0 radical (unpaired) electrons. The van der Waals surface area contributed by atoms with Crippen molar-refractivity contribution in [3.63, 3.8) is 0 Å². The normalized spacial score (nSPS) is 17.0. The van der Waals surface area contributed by atoms with Crippen LogP contribution in [0.1, 0.15) is 23.2 Å². The van der Waals surface area contributed by atoms with E-state index in [4.69, 9.17) is 10.5 Å². The summed E-state index contributed by atoms with van der Waals surface area (Å²) in [6.07, 6.45) is 2.50. The lowest BCUT2D eigenvalue weighted by molar-refractivity contribution is -0.0473. The van der Waals surface area contributed by atoms with Gasteiger partial charge < -0.3 is 25.2 Å². The average Bonchev–Trinajstić information content (AvgIpc) is 2.62. The van der Waals surface area contributed by atoms with E-state index in [1.54, 1.807) is 0 Å². The van der Waals surface area contributed by atoms with Gasteiger partial charge in [0.2, 0.25) is 5.95 Å². The Balaban J connectivity index is 2.00. The topological polar surface area (TPSA) is 128 Å². The van der Waals surface area contributed by atoms with Gasteiger partial charge in [-0.3, -0.25) is 4.79 Å². The van der Waals surface area contributed by atoms with E-state index in [0.717, 1.165) is 0 Å². The molecule has 26 heavy (non-hydrogen) atoms. The minimum Gasteiger partial charge on any atom is -0.445 e. The first-order chi connectivity index (χ1) is 12.4. The highest BCUT2D eigenvalue weighted by atomic mass is 19.1. The smallest absolute Gasteiger partial charge is 0.404 e. The van der Waals surface area contributed by atoms with E-state index in [1.807, 2.05) is 4.90 Å². The Morgan fingerprint density at radius 3 is 2.50 bits per heavy atom. The number of nitrogens with zero attached hydrogens (tertiary/aromatic N) is 3. The number of hydrogen-bond acceptors (Lipinski definition) is 8. The van der Waals surface area contributed by atoms with Gasteiger partial charge in [-0.05, 0) is 12.8 Å². The average molecular weight is 368 g/mol. The Bertz CT molecular complexity index is 672. The van der Waals surface area contributed by atoms with Gasteiger partial charge in [0.25, 0.3) is 0 Å². The zero-order valence-electron chi connectivity index (χ0n) is 14.4. The van der Waals surface area contributed by atoms with Gasteiger partial charge in [0.15, 0.2) is 5.78 Å².